The smallest absolute Gasteiger partial charge is 0.335 e. The molecule has 1 N–H and O–H groups in total. The first-order chi connectivity index (χ1) is 8.72. The van der Waals surface area contributed by atoms with Crippen LogP contribution in [0.15, 0.2) is 24.3 Å². The predicted molar refractivity (Wildman–Crippen MR) is 71.9 cm³/mol. The van der Waals surface area contributed by atoms with Gasteiger partial charge in [-0.15, -0.1) is 0 Å². The van der Waals surface area contributed by atoms with Crippen LogP contribution in [0.2, 0.25) is 0 Å². The average Bonchev–Trinajstić information content (AvgIpc) is 2.40. The van der Waals surface area contributed by atoms with Crippen LogP contribution in [0.5, 0.6) is 0 Å². The van der Waals surface area contributed by atoms with E-state index in [2.05, 4.69) is 11.8 Å². The van der Waals surface area contributed by atoms with Gasteiger partial charge in [-0.05, 0) is 50.0 Å². The standard InChI is InChI=1S/C15H21NO2/c1-2-10-16-11-4-3-5-14(16)12-6-8-13(9-7-12)15(17)18/h6-9,14H,2-5,10-11H2,1H3,(H,17,18). The van der Waals surface area contributed by atoms with Gasteiger partial charge in [0.05, 0.1) is 5.56 Å². The van der Waals surface area contributed by atoms with Crippen molar-refractivity contribution in [2.75, 3.05) is 13.1 Å². The minimum absolute atomic E-state index is 0.372. The number of benzene rings is 1. The third kappa shape index (κ3) is 2.91. The third-order valence-corrected chi connectivity index (χ3v) is 3.67. The third-order valence-electron chi connectivity index (χ3n) is 3.67. The number of rotatable bonds is 4. The SMILES string of the molecule is CCCN1CCCCC1c1ccc(C(=O)O)cc1. The second kappa shape index (κ2) is 6.01. The van der Waals surface area contributed by atoms with E-state index in [4.69, 9.17) is 5.11 Å². The van der Waals surface area contributed by atoms with Gasteiger partial charge in [-0.2, -0.15) is 0 Å². The van der Waals surface area contributed by atoms with E-state index in [9.17, 15) is 4.79 Å². The molecule has 1 heterocycles. The fourth-order valence-electron chi connectivity index (χ4n) is 2.77. The fourth-order valence-corrected chi connectivity index (χ4v) is 2.77. The van der Waals surface area contributed by atoms with E-state index in [1.165, 1.54) is 37.8 Å². The highest BCUT2D eigenvalue weighted by atomic mass is 16.4. The van der Waals surface area contributed by atoms with Gasteiger partial charge in [-0.1, -0.05) is 25.5 Å². The lowest BCUT2D eigenvalue weighted by molar-refractivity contribution is 0.0697. The number of carboxylic acids is 1. The normalized spacial score (nSPS) is 20.8. The molecule has 2 rings (SSSR count). The molecule has 1 aromatic carbocycles. The van der Waals surface area contributed by atoms with Gasteiger partial charge in [-0.25, -0.2) is 4.79 Å². The molecule has 0 aromatic heterocycles. The topological polar surface area (TPSA) is 40.5 Å². The van der Waals surface area contributed by atoms with Gasteiger partial charge in [0, 0.05) is 6.04 Å². The molecule has 0 spiro atoms. The maximum atomic E-state index is 10.8. The molecule has 1 saturated heterocycles. The molecule has 0 aliphatic carbocycles. The van der Waals surface area contributed by atoms with Crippen molar-refractivity contribution in [1.29, 1.82) is 0 Å². The van der Waals surface area contributed by atoms with Gasteiger partial charge >= 0.3 is 5.97 Å². The van der Waals surface area contributed by atoms with E-state index in [1.807, 2.05) is 12.1 Å². The highest BCUT2D eigenvalue weighted by Gasteiger charge is 2.23. The molecule has 1 aliphatic heterocycles. The molecule has 1 atom stereocenters. The van der Waals surface area contributed by atoms with Crippen LogP contribution < -0.4 is 0 Å². The second-order valence-corrected chi connectivity index (χ2v) is 4.97. The Balaban J connectivity index is 2.15. The van der Waals surface area contributed by atoms with Crippen LogP contribution in [0.4, 0.5) is 0 Å². The summed E-state index contributed by atoms with van der Waals surface area (Å²) in [6.45, 7) is 4.50. The van der Waals surface area contributed by atoms with E-state index >= 15 is 0 Å². The lowest BCUT2D eigenvalue weighted by Gasteiger charge is -2.35. The summed E-state index contributed by atoms with van der Waals surface area (Å²) in [5, 5.41) is 8.91. The van der Waals surface area contributed by atoms with Gasteiger partial charge < -0.3 is 5.11 Å². The molecule has 0 amide bonds. The Hall–Kier alpha value is -1.35. The number of hydrogen-bond donors (Lipinski definition) is 1. The van der Waals surface area contributed by atoms with Crippen LogP contribution >= 0.6 is 0 Å². The summed E-state index contributed by atoms with van der Waals surface area (Å²) in [5.41, 5.74) is 1.63. The van der Waals surface area contributed by atoms with Crippen molar-refractivity contribution in [2.24, 2.45) is 0 Å². The first-order valence-electron chi connectivity index (χ1n) is 6.79. The largest absolute Gasteiger partial charge is 0.478 e. The van der Waals surface area contributed by atoms with Crippen molar-refractivity contribution in [2.45, 2.75) is 38.6 Å². The van der Waals surface area contributed by atoms with Crippen LogP contribution in [-0.4, -0.2) is 29.1 Å². The predicted octanol–water partition coefficient (Wildman–Crippen LogP) is 3.32. The van der Waals surface area contributed by atoms with Crippen LogP contribution in [0, 0.1) is 0 Å². The molecule has 1 fully saturated rings. The summed E-state index contributed by atoms with van der Waals surface area (Å²) in [7, 11) is 0. The molecule has 0 radical (unpaired) electrons. The van der Waals surface area contributed by atoms with Crippen molar-refractivity contribution < 1.29 is 9.90 Å². The Labute approximate surface area is 108 Å². The van der Waals surface area contributed by atoms with E-state index < -0.39 is 5.97 Å². The molecule has 1 aromatic rings. The van der Waals surface area contributed by atoms with E-state index in [-0.39, 0.29) is 0 Å². The maximum absolute atomic E-state index is 10.8. The van der Waals surface area contributed by atoms with Crippen LogP contribution in [0.1, 0.15) is 54.6 Å². The number of likely N-dealkylation sites (tertiary alicyclic amines) is 1. The zero-order chi connectivity index (χ0) is 13.0. The lowest BCUT2D eigenvalue weighted by atomic mass is 9.94. The van der Waals surface area contributed by atoms with Crippen molar-refractivity contribution in [1.82, 2.24) is 4.90 Å². The molecule has 1 unspecified atom stereocenters. The van der Waals surface area contributed by atoms with E-state index in [1.54, 1.807) is 12.1 Å². The van der Waals surface area contributed by atoms with Crippen molar-refractivity contribution in [3.63, 3.8) is 0 Å². The molecule has 0 saturated carbocycles. The Morgan fingerprint density at radius 3 is 2.67 bits per heavy atom. The van der Waals surface area contributed by atoms with Gasteiger partial charge in [0.1, 0.15) is 0 Å². The van der Waals surface area contributed by atoms with Crippen molar-refractivity contribution >= 4 is 5.97 Å². The Kier molecular flexibility index (Phi) is 4.37. The van der Waals surface area contributed by atoms with Crippen molar-refractivity contribution in [3.05, 3.63) is 35.4 Å². The minimum atomic E-state index is -0.851. The number of carbonyl (C=O) groups is 1. The summed E-state index contributed by atoms with van der Waals surface area (Å²) < 4.78 is 0. The summed E-state index contributed by atoms with van der Waals surface area (Å²) in [6, 6.07) is 7.86. The first-order valence-corrected chi connectivity index (χ1v) is 6.79. The fraction of sp³-hybridized carbons (Fsp3) is 0.533. The van der Waals surface area contributed by atoms with Crippen LogP contribution in [0.25, 0.3) is 0 Å². The van der Waals surface area contributed by atoms with E-state index in [0.717, 1.165) is 6.54 Å². The lowest BCUT2D eigenvalue weighted by Crippen LogP contribution is -2.33. The number of piperidine rings is 1. The Morgan fingerprint density at radius 2 is 2.06 bits per heavy atom. The number of hydrogen-bond acceptors (Lipinski definition) is 2. The zero-order valence-electron chi connectivity index (χ0n) is 10.9. The molecule has 1 aliphatic rings. The molecule has 0 bridgehead atoms. The van der Waals surface area contributed by atoms with Crippen LogP contribution in [0.3, 0.4) is 0 Å². The molecule has 98 valence electrons. The molecular weight excluding hydrogens is 226 g/mol. The van der Waals surface area contributed by atoms with Gasteiger partial charge in [0.2, 0.25) is 0 Å². The van der Waals surface area contributed by atoms with Crippen molar-refractivity contribution in [3.8, 4) is 0 Å². The highest BCUT2D eigenvalue weighted by molar-refractivity contribution is 5.87. The zero-order valence-corrected chi connectivity index (χ0v) is 10.9. The summed E-state index contributed by atoms with van der Waals surface area (Å²) >= 11 is 0. The second-order valence-electron chi connectivity index (χ2n) is 4.97. The summed E-state index contributed by atoms with van der Waals surface area (Å²) in [5.74, 6) is -0.851. The van der Waals surface area contributed by atoms with Gasteiger partial charge in [-0.3, -0.25) is 4.90 Å². The van der Waals surface area contributed by atoms with Crippen LogP contribution in [-0.2, 0) is 0 Å². The first kappa shape index (κ1) is 13.1. The Morgan fingerprint density at radius 1 is 1.33 bits per heavy atom. The minimum Gasteiger partial charge on any atom is -0.478 e. The van der Waals surface area contributed by atoms with Gasteiger partial charge in [0.25, 0.3) is 0 Å². The van der Waals surface area contributed by atoms with Gasteiger partial charge in [0.15, 0.2) is 0 Å². The molecule has 3 heteroatoms. The maximum Gasteiger partial charge on any atom is 0.335 e. The quantitative estimate of drug-likeness (QED) is 0.887. The molecular formula is C15H21NO2. The summed E-state index contributed by atoms with van der Waals surface area (Å²) in [6.07, 6.45) is 4.91. The molecule has 18 heavy (non-hydrogen) atoms. The van der Waals surface area contributed by atoms with E-state index in [0.29, 0.717) is 11.6 Å². The highest BCUT2D eigenvalue weighted by Crippen LogP contribution is 2.30. The summed E-state index contributed by atoms with van der Waals surface area (Å²) in [4.78, 5) is 13.4. The number of carboxylic acid groups (broad SMARTS) is 1. The number of aromatic carboxylic acids is 1. The number of nitrogens with zero attached hydrogens (tertiary/aromatic N) is 1. The monoisotopic (exact) mass is 247 g/mol. The average molecular weight is 247 g/mol. The Bertz CT molecular complexity index is 397. The molecule has 3 nitrogen and oxygen atoms in total.